The summed E-state index contributed by atoms with van der Waals surface area (Å²) in [5, 5.41) is 2.72. The first kappa shape index (κ1) is 15.7. The van der Waals surface area contributed by atoms with E-state index in [9.17, 15) is 4.79 Å². The molecular weight excluding hydrogens is 386 g/mol. The van der Waals surface area contributed by atoms with Crippen LogP contribution in [0.3, 0.4) is 0 Å². The smallest absolute Gasteiger partial charge is 0.193 e. The molecule has 0 spiro atoms. The highest BCUT2D eigenvalue weighted by Crippen LogP contribution is 2.34. The number of halogens is 1. The van der Waals surface area contributed by atoms with Crippen LogP contribution in [0.5, 0.6) is 0 Å². The summed E-state index contributed by atoms with van der Waals surface area (Å²) in [5.41, 5.74) is 2.55. The van der Waals surface area contributed by atoms with Crippen LogP contribution in [0, 0.1) is 0 Å². The Morgan fingerprint density at radius 1 is 1.17 bits per heavy atom. The number of aliphatic imine (C=N–C) groups is 1. The molecule has 0 bridgehead atoms. The lowest BCUT2D eigenvalue weighted by atomic mass is 10.1. The van der Waals surface area contributed by atoms with Crippen molar-refractivity contribution in [2.45, 2.75) is 19.3 Å². The molecule has 5 heteroatoms. The molecule has 1 aromatic rings. The zero-order valence-electron chi connectivity index (χ0n) is 12.8. The molecule has 3 nitrogen and oxygen atoms in total. The minimum Gasteiger partial charge on any atom is -0.455 e. The van der Waals surface area contributed by atoms with E-state index >= 15 is 0 Å². The predicted molar refractivity (Wildman–Crippen MR) is 103 cm³/mol. The van der Waals surface area contributed by atoms with Crippen LogP contribution in [0.15, 0.2) is 65.1 Å². The molecule has 0 saturated heterocycles. The second kappa shape index (κ2) is 6.57. The maximum Gasteiger partial charge on any atom is 0.193 e. The number of rotatable bonds is 1. The van der Waals surface area contributed by atoms with Gasteiger partial charge < -0.3 is 4.42 Å². The molecule has 24 heavy (non-hydrogen) atoms. The van der Waals surface area contributed by atoms with Crippen LogP contribution in [0.25, 0.3) is 12.2 Å². The van der Waals surface area contributed by atoms with Gasteiger partial charge in [0.05, 0.1) is 10.9 Å². The van der Waals surface area contributed by atoms with Crippen LogP contribution in [0.1, 0.15) is 25.0 Å². The number of fused-ring (bicyclic) bond motifs is 2. The minimum absolute atomic E-state index is 0.0289. The zero-order valence-corrected chi connectivity index (χ0v) is 15.2. The predicted octanol–water partition coefficient (Wildman–Crippen LogP) is 3.49. The highest BCUT2D eigenvalue weighted by atomic mass is 79.9. The SMILES string of the molecule is O=c1cc(C2=NC=C3CC=CSC3=CC2)oc2c1=CCC(Br)=CC=2. The van der Waals surface area contributed by atoms with E-state index in [-0.39, 0.29) is 5.43 Å². The first-order chi connectivity index (χ1) is 11.7. The Morgan fingerprint density at radius 3 is 3.00 bits per heavy atom. The molecule has 0 saturated carbocycles. The average molecular weight is 400 g/mol. The third kappa shape index (κ3) is 3.06. The lowest BCUT2D eigenvalue weighted by Crippen LogP contribution is -2.39. The molecule has 1 aromatic heterocycles. The molecule has 0 N–H and O–H groups in total. The van der Waals surface area contributed by atoms with Crippen molar-refractivity contribution < 1.29 is 4.42 Å². The fourth-order valence-corrected chi connectivity index (χ4v) is 3.85. The van der Waals surface area contributed by atoms with Crippen LogP contribution >= 0.6 is 27.7 Å². The van der Waals surface area contributed by atoms with Gasteiger partial charge in [-0.3, -0.25) is 9.79 Å². The lowest BCUT2D eigenvalue weighted by Gasteiger charge is -2.09. The summed E-state index contributed by atoms with van der Waals surface area (Å²) in [5.74, 6) is 0.542. The average Bonchev–Trinajstić information content (AvgIpc) is 2.92. The summed E-state index contributed by atoms with van der Waals surface area (Å²) in [6.07, 6.45) is 14.1. The lowest BCUT2D eigenvalue weighted by molar-refractivity contribution is 0.498. The van der Waals surface area contributed by atoms with Crippen molar-refractivity contribution in [3.63, 3.8) is 0 Å². The number of allylic oxidation sites excluding steroid dienone is 5. The van der Waals surface area contributed by atoms with E-state index < -0.39 is 0 Å². The normalized spacial score (nSPS) is 19.2. The fourth-order valence-electron chi connectivity index (χ4n) is 2.75. The van der Waals surface area contributed by atoms with Crippen molar-refractivity contribution in [3.05, 3.63) is 77.5 Å². The van der Waals surface area contributed by atoms with E-state index in [1.165, 1.54) is 10.5 Å². The van der Waals surface area contributed by atoms with Gasteiger partial charge >= 0.3 is 0 Å². The largest absolute Gasteiger partial charge is 0.455 e. The van der Waals surface area contributed by atoms with Crippen molar-refractivity contribution in [1.82, 2.24) is 0 Å². The van der Waals surface area contributed by atoms with E-state index in [1.807, 2.05) is 24.4 Å². The second-order valence-electron chi connectivity index (χ2n) is 5.64. The van der Waals surface area contributed by atoms with Crippen LogP contribution in [-0.4, -0.2) is 5.71 Å². The quantitative estimate of drug-likeness (QED) is 0.725. The number of nitrogens with zero attached hydrogens (tertiary/aromatic N) is 1. The molecule has 2 aliphatic heterocycles. The Morgan fingerprint density at radius 2 is 2.08 bits per heavy atom. The summed E-state index contributed by atoms with van der Waals surface area (Å²) in [4.78, 5) is 18.3. The van der Waals surface area contributed by atoms with Gasteiger partial charge in [-0.05, 0) is 40.5 Å². The van der Waals surface area contributed by atoms with Crippen LogP contribution in [0.2, 0.25) is 0 Å². The molecule has 1 aliphatic carbocycles. The first-order valence-corrected chi connectivity index (χ1v) is 9.37. The molecular formula is C19H14BrNO2S. The van der Waals surface area contributed by atoms with Gasteiger partial charge in [0.1, 0.15) is 5.42 Å². The maximum absolute atomic E-state index is 12.5. The van der Waals surface area contributed by atoms with Gasteiger partial charge in [0.2, 0.25) is 0 Å². The summed E-state index contributed by atoms with van der Waals surface area (Å²) in [6.45, 7) is 0. The van der Waals surface area contributed by atoms with Gasteiger partial charge in [-0.15, -0.1) is 0 Å². The van der Waals surface area contributed by atoms with Gasteiger partial charge in [0.15, 0.2) is 11.2 Å². The molecule has 3 heterocycles. The van der Waals surface area contributed by atoms with Crippen molar-refractivity contribution in [2.24, 2.45) is 4.99 Å². The highest BCUT2D eigenvalue weighted by molar-refractivity contribution is 9.11. The molecule has 4 rings (SSSR count). The molecule has 0 atom stereocenters. The van der Waals surface area contributed by atoms with Crippen molar-refractivity contribution in [3.8, 4) is 0 Å². The molecule has 0 amide bonds. The molecule has 3 aliphatic rings. The van der Waals surface area contributed by atoms with Gasteiger partial charge in [-0.1, -0.05) is 45.9 Å². The fraction of sp³-hybridized carbons (Fsp3) is 0.158. The van der Waals surface area contributed by atoms with E-state index in [0.29, 0.717) is 29.2 Å². The van der Waals surface area contributed by atoms with E-state index in [4.69, 9.17) is 4.42 Å². The summed E-state index contributed by atoms with van der Waals surface area (Å²) in [7, 11) is 0. The van der Waals surface area contributed by atoms with Gasteiger partial charge in [-0.2, -0.15) is 0 Å². The van der Waals surface area contributed by atoms with E-state index in [2.05, 4.69) is 38.5 Å². The van der Waals surface area contributed by atoms with E-state index in [0.717, 1.165) is 16.6 Å². The topological polar surface area (TPSA) is 42.6 Å². The van der Waals surface area contributed by atoms with Crippen LogP contribution < -0.4 is 16.1 Å². The minimum atomic E-state index is -0.0289. The summed E-state index contributed by atoms with van der Waals surface area (Å²) < 4.78 is 7.01. The molecule has 0 aromatic carbocycles. The summed E-state index contributed by atoms with van der Waals surface area (Å²) >= 11 is 5.18. The summed E-state index contributed by atoms with van der Waals surface area (Å²) in [6, 6.07) is 1.55. The van der Waals surface area contributed by atoms with Crippen molar-refractivity contribution in [1.29, 1.82) is 0 Å². The molecule has 120 valence electrons. The Bertz CT molecular complexity index is 1040. The van der Waals surface area contributed by atoms with E-state index in [1.54, 1.807) is 17.8 Å². The van der Waals surface area contributed by atoms with Crippen LogP contribution in [0.4, 0.5) is 0 Å². The van der Waals surface area contributed by atoms with Gasteiger partial charge in [0.25, 0.3) is 0 Å². The Hall–Kier alpha value is -1.85. The Kier molecular flexibility index (Phi) is 4.29. The third-order valence-electron chi connectivity index (χ3n) is 4.02. The number of hydrogen-bond donors (Lipinski definition) is 0. The first-order valence-electron chi connectivity index (χ1n) is 7.70. The van der Waals surface area contributed by atoms with Crippen molar-refractivity contribution >= 4 is 45.6 Å². The third-order valence-corrected chi connectivity index (χ3v) is 5.62. The number of thioether (sulfide) groups is 1. The monoisotopic (exact) mass is 399 g/mol. The molecule has 0 unspecified atom stereocenters. The molecule has 0 fully saturated rings. The highest BCUT2D eigenvalue weighted by Gasteiger charge is 2.15. The zero-order chi connectivity index (χ0) is 16.5. The Labute approximate surface area is 151 Å². The molecule has 0 radical (unpaired) electrons. The van der Waals surface area contributed by atoms with Crippen LogP contribution in [-0.2, 0) is 0 Å². The van der Waals surface area contributed by atoms with Gasteiger partial charge in [0, 0.05) is 23.6 Å². The Balaban J connectivity index is 1.81. The van der Waals surface area contributed by atoms with Crippen molar-refractivity contribution in [2.75, 3.05) is 0 Å². The van der Waals surface area contributed by atoms with Gasteiger partial charge in [-0.25, -0.2) is 0 Å². The second-order valence-corrected chi connectivity index (χ2v) is 7.60. The maximum atomic E-state index is 12.5. The standard InChI is InChI=1S/C19H14BrNO2S/c20-13-3-5-14-16(22)10-18(23-17(14)7-4-13)15-6-8-19-12(11-21-15)2-1-9-24-19/h1,4-5,7-11H,2-3,6H2. The number of hydrogen-bond acceptors (Lipinski definition) is 4.